The number of rotatable bonds is 33. The lowest BCUT2D eigenvalue weighted by Crippen LogP contribution is -2.40. The Balaban J connectivity index is 0.000000675. The molecule has 1 amide bonds. The zero-order valence-electron chi connectivity index (χ0n) is 51.5. The van der Waals surface area contributed by atoms with Gasteiger partial charge >= 0.3 is 30.7 Å². The van der Waals surface area contributed by atoms with Crippen molar-refractivity contribution in [3.05, 3.63) is 72.6 Å². The van der Waals surface area contributed by atoms with Crippen LogP contribution in [0.5, 0.6) is 0 Å². The molecule has 0 aliphatic rings. The number of benzene rings is 2. The van der Waals surface area contributed by atoms with Gasteiger partial charge in [0.25, 0.3) is 0 Å². The van der Waals surface area contributed by atoms with Gasteiger partial charge < -0.3 is 58.4 Å². The molecule has 4 aromatic rings. The molecule has 4 atom stereocenters. The number of hydrogen-bond donors (Lipinski definition) is 6. The first-order valence-electron chi connectivity index (χ1n) is 28.6. The van der Waals surface area contributed by atoms with Crippen molar-refractivity contribution in [2.24, 2.45) is 0 Å². The summed E-state index contributed by atoms with van der Waals surface area (Å²) in [6.07, 6.45) is 5.50. The average Bonchev–Trinajstić information content (AvgIpc) is 3.09. The van der Waals surface area contributed by atoms with Crippen LogP contribution in [0, 0.1) is 11.6 Å². The van der Waals surface area contributed by atoms with E-state index in [2.05, 4.69) is 76.0 Å². The van der Waals surface area contributed by atoms with Gasteiger partial charge in [-0.25, -0.2) is 18.4 Å². The van der Waals surface area contributed by atoms with E-state index < -0.39 is 74.0 Å². The number of fused-ring (bicyclic) bond motifs is 2. The molecule has 2 heterocycles. The second-order valence-corrected chi connectivity index (χ2v) is 33.9. The number of halogens is 6. The summed E-state index contributed by atoms with van der Waals surface area (Å²) in [5, 5.41) is 10.6. The molecular weight excluding hydrogens is 1320 g/mol. The van der Waals surface area contributed by atoms with Crippen LogP contribution in [0.25, 0.3) is 21.8 Å². The Kier molecular flexibility index (Phi) is 38.3. The lowest BCUT2D eigenvalue weighted by Gasteiger charge is -2.30. The predicted molar refractivity (Wildman–Crippen MR) is 348 cm³/mol. The van der Waals surface area contributed by atoms with Gasteiger partial charge in [-0.2, -0.15) is 0 Å². The van der Waals surface area contributed by atoms with Crippen molar-refractivity contribution in [3.8, 4) is 0 Å². The van der Waals surface area contributed by atoms with Crippen molar-refractivity contribution >= 4 is 132 Å². The van der Waals surface area contributed by atoms with Crippen molar-refractivity contribution in [2.75, 3.05) is 89.3 Å². The third-order valence-corrected chi connectivity index (χ3v) is 24.2. The average molecular weight is 1410 g/mol. The largest absolute Gasteiger partial charge is 0.449 e. The maximum atomic E-state index is 13.8. The van der Waals surface area contributed by atoms with Gasteiger partial charge in [0.1, 0.15) is 23.2 Å². The molecule has 0 aliphatic heterocycles. The van der Waals surface area contributed by atoms with Crippen LogP contribution >= 0.6 is 76.1 Å². The zero-order chi connectivity index (χ0) is 67.2. The van der Waals surface area contributed by atoms with Crippen LogP contribution in [-0.4, -0.2) is 173 Å². The molecule has 4 unspecified atom stereocenters. The van der Waals surface area contributed by atoms with Gasteiger partial charge in [0.2, 0.25) is 7.37 Å². The maximum Gasteiger partial charge on any atom is 0.414 e. The predicted octanol–water partition coefficient (Wildman–Crippen LogP) is 13.8. The number of carbonyl (C=O) groups excluding carboxylic acids is 4. The summed E-state index contributed by atoms with van der Waals surface area (Å²) in [5.74, 6) is -1.62. The van der Waals surface area contributed by atoms with E-state index in [4.69, 9.17) is 49.2 Å². The quantitative estimate of drug-likeness (QED) is 0.0112. The number of alkyl halides is 3. The number of ketones is 2. The Bertz CT molecular complexity index is 2990. The first-order chi connectivity index (χ1) is 40.9. The van der Waals surface area contributed by atoms with Gasteiger partial charge in [0.15, 0.2) is 5.40 Å². The standard InChI is InChI=1S/C25H38FN3O9P2.C18H26FN3.C11H24O5P2.C2Cl4O2/c1-4-28(5-2)14-6-8-18(3)29(23-12-13-27-22-16-19(26)10-11-21(22)23)25(31)38-15-7-9-20(30)17-24(39(32,33)34)40(35,36)37;1-4-22(5-2)12-6-7-14(3)21-17-10-11-20-18-13-15(19)8-9-16(17)18;1-5-16-18(4,15)11(17(2,3)14)9-10(13)7-6-8-12;3-1(7)8-2(4,5)6/h10-13,16,18,24H,4-9,14-15,17H2,1-3H3,(H2,32,33,34)(H2,35,36,37);8-11,13-14H,4-7,12H2,1-3H3,(H,20,21);11-12H,5-9H2,1-4H3;. The number of pyridine rings is 2. The van der Waals surface area contributed by atoms with E-state index in [1.165, 1.54) is 67.8 Å². The molecule has 0 spiro atoms. The molecule has 32 heteroatoms. The minimum absolute atomic E-state index is 0.00193. The highest BCUT2D eigenvalue weighted by atomic mass is 35.6. The van der Waals surface area contributed by atoms with Crippen LogP contribution < -0.4 is 10.2 Å². The first kappa shape index (κ1) is 82.8. The normalized spacial score (nSPS) is 13.7. The number of carbonyl (C=O) groups is 4. The summed E-state index contributed by atoms with van der Waals surface area (Å²) in [5.41, 5.74) is 1.42. The summed E-state index contributed by atoms with van der Waals surface area (Å²) in [6, 6.07) is 12.5. The number of ether oxygens (including phenoxy) is 2. The topological polar surface area (TPSA) is 313 Å². The number of anilines is 2. The third kappa shape index (κ3) is 32.4. The van der Waals surface area contributed by atoms with Gasteiger partial charge in [0, 0.05) is 104 Å². The monoisotopic (exact) mass is 1400 g/mol. The molecule has 0 bridgehead atoms. The van der Waals surface area contributed by atoms with E-state index in [1.54, 1.807) is 25.3 Å². The molecule has 0 radical (unpaired) electrons. The van der Waals surface area contributed by atoms with Gasteiger partial charge in [-0.3, -0.25) is 38.2 Å². The fourth-order valence-corrected chi connectivity index (χ4v) is 18.0. The number of Topliss-reactive ketones (excluding diaryl/α,β-unsaturated/α-hetero) is 2. The highest BCUT2D eigenvalue weighted by Crippen LogP contribution is 2.65. The minimum atomic E-state index is -5.22. The van der Waals surface area contributed by atoms with E-state index in [1.807, 2.05) is 13.0 Å². The Morgan fingerprint density at radius 3 is 1.61 bits per heavy atom. The van der Waals surface area contributed by atoms with Crippen LogP contribution in [0.1, 0.15) is 113 Å². The molecule has 0 saturated carbocycles. The Hall–Kier alpha value is -3.24. The minimum Gasteiger partial charge on any atom is -0.449 e. The molecule has 2 aromatic carbocycles. The summed E-state index contributed by atoms with van der Waals surface area (Å²) in [6.45, 7) is 24.8. The molecule has 2 aromatic heterocycles. The highest BCUT2D eigenvalue weighted by Gasteiger charge is 2.44. The lowest BCUT2D eigenvalue weighted by molar-refractivity contribution is -0.120. The zero-order valence-corrected chi connectivity index (χ0v) is 58.1. The Labute approximate surface area is 535 Å². The van der Waals surface area contributed by atoms with Crippen molar-refractivity contribution in [1.29, 1.82) is 0 Å². The number of amides is 1. The fourth-order valence-electron chi connectivity index (χ4n) is 9.00. The Morgan fingerprint density at radius 1 is 0.682 bits per heavy atom. The van der Waals surface area contributed by atoms with Gasteiger partial charge in [-0.05, 0) is 183 Å². The summed E-state index contributed by atoms with van der Waals surface area (Å²) in [7, 11) is -16.2. The van der Waals surface area contributed by atoms with E-state index >= 15 is 0 Å². The number of nitrogens with one attached hydrogen (secondary N) is 1. The van der Waals surface area contributed by atoms with Crippen LogP contribution in [0.2, 0.25) is 0 Å². The molecule has 500 valence electrons. The number of nitrogens with zero attached hydrogens (tertiary/aromatic N) is 5. The van der Waals surface area contributed by atoms with Crippen LogP contribution in [0.4, 0.5) is 29.7 Å². The van der Waals surface area contributed by atoms with E-state index in [9.17, 15) is 65.8 Å². The van der Waals surface area contributed by atoms with Crippen molar-refractivity contribution in [2.45, 2.75) is 140 Å². The number of aliphatic hydroxyl groups is 1. The van der Waals surface area contributed by atoms with Crippen molar-refractivity contribution in [1.82, 2.24) is 19.8 Å². The second kappa shape index (κ2) is 40.7. The molecule has 88 heavy (non-hydrogen) atoms. The van der Waals surface area contributed by atoms with Crippen molar-refractivity contribution < 1.29 is 84.9 Å². The van der Waals surface area contributed by atoms with Crippen molar-refractivity contribution in [3.63, 3.8) is 0 Å². The van der Waals surface area contributed by atoms with Crippen LogP contribution in [-0.2, 0) is 41.8 Å². The first-order valence-corrected chi connectivity index (χ1v) is 38.3. The summed E-state index contributed by atoms with van der Waals surface area (Å²) in [4.78, 5) is 98.3. The van der Waals surface area contributed by atoms with E-state index in [0.717, 1.165) is 63.2 Å². The van der Waals surface area contributed by atoms with Gasteiger partial charge in [0.05, 0.1) is 42.5 Å². The summed E-state index contributed by atoms with van der Waals surface area (Å²) >= 11 is 19.4. The molecule has 0 fully saturated rings. The van der Waals surface area contributed by atoms with Crippen LogP contribution in [0.15, 0.2) is 60.9 Å². The molecule has 22 nitrogen and oxygen atoms in total. The molecule has 0 aliphatic carbocycles. The molecular formula is C56H88Cl4F2N6O16P4. The molecule has 4 rings (SSSR count). The number of aromatic nitrogens is 2. The SMILES string of the molecule is CCN(CC)CCCC(C)N(C(=O)OCCCC(=O)CC(P(=O)(O)O)P(=O)(O)O)c1ccnc2cc(F)ccc12.CCN(CC)CCCC(C)Nc1ccnc2cc(F)ccc12.CCOP(C)(=O)C(CC(=O)CCCO)P(C)(C)=O.O=C(Cl)OC(Cl)(Cl)Cl. The number of hydrogen-bond acceptors (Lipinski definition) is 17. The molecule has 6 N–H and O–H groups in total. The number of aliphatic hydroxyl groups excluding tert-OH is 1. The second-order valence-electron chi connectivity index (χ2n) is 20.8. The lowest BCUT2D eigenvalue weighted by atomic mass is 10.1. The van der Waals surface area contributed by atoms with Crippen LogP contribution in [0.3, 0.4) is 0 Å². The summed E-state index contributed by atoms with van der Waals surface area (Å²) < 4.78 is 86.9. The molecule has 0 saturated heterocycles. The van der Waals surface area contributed by atoms with E-state index in [0.29, 0.717) is 41.0 Å². The van der Waals surface area contributed by atoms with Gasteiger partial charge in [-0.15, -0.1) is 0 Å². The smallest absolute Gasteiger partial charge is 0.414 e. The maximum absolute atomic E-state index is 13.8. The third-order valence-electron chi connectivity index (χ3n) is 13.6. The fraction of sp³-hybridized carbons (Fsp3) is 0.607. The Morgan fingerprint density at radius 2 is 1.16 bits per heavy atom. The van der Waals surface area contributed by atoms with E-state index in [-0.39, 0.29) is 63.1 Å². The highest BCUT2D eigenvalue weighted by molar-refractivity contribution is 7.78. The van der Waals surface area contributed by atoms with Gasteiger partial charge in [-0.1, -0.05) is 27.7 Å².